The molecule has 0 bridgehead atoms. The Morgan fingerprint density at radius 1 is 1.09 bits per heavy atom. The number of carbonyl (C=O) groups is 1. The van der Waals surface area contributed by atoms with Crippen molar-refractivity contribution < 1.29 is 9.90 Å². The Kier molecular flexibility index (Phi) is 7.77. The summed E-state index contributed by atoms with van der Waals surface area (Å²) in [6.07, 6.45) is 9.61. The van der Waals surface area contributed by atoms with Crippen LogP contribution in [0, 0.1) is 0 Å². The molecule has 1 aliphatic heterocycles. The van der Waals surface area contributed by atoms with Crippen molar-refractivity contribution in [2.45, 2.75) is 76.9 Å². The van der Waals surface area contributed by atoms with Crippen LogP contribution >= 0.6 is 0 Å². The highest BCUT2D eigenvalue weighted by molar-refractivity contribution is 5.87. The minimum atomic E-state index is -0.519. The lowest BCUT2D eigenvalue weighted by Gasteiger charge is -2.13. The van der Waals surface area contributed by atoms with Crippen LogP contribution in [0.3, 0.4) is 0 Å². The van der Waals surface area contributed by atoms with Gasteiger partial charge >= 0.3 is 0 Å². The molecule has 0 amide bonds. The summed E-state index contributed by atoms with van der Waals surface area (Å²) in [6, 6.07) is 8.04. The van der Waals surface area contributed by atoms with Gasteiger partial charge in [0, 0.05) is 6.42 Å². The van der Waals surface area contributed by atoms with Gasteiger partial charge in [-0.05, 0) is 36.9 Å². The van der Waals surface area contributed by atoms with Gasteiger partial charge in [-0.1, -0.05) is 63.3 Å². The highest BCUT2D eigenvalue weighted by Crippen LogP contribution is 2.14. The van der Waals surface area contributed by atoms with Gasteiger partial charge in [0.1, 0.15) is 0 Å². The predicted molar refractivity (Wildman–Crippen MR) is 94.6 cm³/mol. The number of nitrogens with one attached hydrogen (secondary N) is 1. The molecule has 1 heterocycles. The Morgan fingerprint density at radius 2 is 1.74 bits per heavy atom. The first-order valence-electron chi connectivity index (χ1n) is 9.22. The zero-order valence-electron chi connectivity index (χ0n) is 14.4. The summed E-state index contributed by atoms with van der Waals surface area (Å²) in [5.41, 5.74) is 2.40. The van der Waals surface area contributed by atoms with Gasteiger partial charge in [-0.25, -0.2) is 0 Å². The van der Waals surface area contributed by atoms with Crippen molar-refractivity contribution in [2.24, 2.45) is 0 Å². The van der Waals surface area contributed by atoms with Crippen LogP contribution in [0.2, 0.25) is 0 Å². The number of benzene rings is 1. The molecule has 3 nitrogen and oxygen atoms in total. The van der Waals surface area contributed by atoms with Gasteiger partial charge in [0.05, 0.1) is 12.1 Å². The minimum absolute atomic E-state index is 0.0960. The van der Waals surface area contributed by atoms with Crippen LogP contribution in [0.4, 0.5) is 0 Å². The summed E-state index contributed by atoms with van der Waals surface area (Å²) in [5.74, 6) is 0.0960. The molecule has 2 N–H and O–H groups in total. The van der Waals surface area contributed by atoms with E-state index in [1.54, 1.807) is 0 Å². The lowest BCUT2D eigenvalue weighted by Crippen LogP contribution is -2.39. The molecule has 1 aromatic rings. The number of aryl methyl sites for hydroxylation is 1. The molecule has 0 saturated carbocycles. The van der Waals surface area contributed by atoms with Gasteiger partial charge < -0.3 is 10.4 Å². The average molecular weight is 317 g/mol. The van der Waals surface area contributed by atoms with Crippen LogP contribution in [0.25, 0.3) is 0 Å². The van der Waals surface area contributed by atoms with Gasteiger partial charge in [-0.15, -0.1) is 0 Å². The quantitative estimate of drug-likeness (QED) is 0.650. The maximum absolute atomic E-state index is 12.2. The standard InChI is InChI=1S/C20H31NO2/c1-2-3-4-5-6-7-8-16-9-11-17(12-10-16)15-19(23)20-18(22)13-14-21-20/h9-12,18,20-22H,2-8,13-15H2,1H3/t18-,20?/m1/s1. The van der Waals surface area contributed by atoms with Crippen LogP contribution < -0.4 is 5.32 Å². The molecular weight excluding hydrogens is 286 g/mol. The highest BCUT2D eigenvalue weighted by Gasteiger charge is 2.30. The number of carbonyl (C=O) groups excluding carboxylic acids is 1. The molecule has 0 spiro atoms. The van der Waals surface area contributed by atoms with E-state index >= 15 is 0 Å². The largest absolute Gasteiger partial charge is 0.391 e. The summed E-state index contributed by atoms with van der Waals surface area (Å²) in [5, 5.41) is 12.9. The summed E-state index contributed by atoms with van der Waals surface area (Å²) in [7, 11) is 0. The topological polar surface area (TPSA) is 49.3 Å². The number of rotatable bonds is 10. The Morgan fingerprint density at radius 3 is 2.39 bits per heavy atom. The van der Waals surface area contributed by atoms with E-state index in [-0.39, 0.29) is 11.8 Å². The first kappa shape index (κ1) is 18.2. The van der Waals surface area contributed by atoms with Gasteiger partial charge in [-0.3, -0.25) is 4.79 Å². The third-order valence-corrected chi connectivity index (χ3v) is 4.76. The zero-order chi connectivity index (χ0) is 16.5. The lowest BCUT2D eigenvalue weighted by molar-refractivity contribution is -0.122. The number of hydrogen-bond donors (Lipinski definition) is 2. The van der Waals surface area contributed by atoms with E-state index in [1.165, 1.54) is 44.1 Å². The van der Waals surface area contributed by atoms with E-state index in [1.807, 2.05) is 0 Å². The molecule has 0 radical (unpaired) electrons. The van der Waals surface area contributed by atoms with Crippen molar-refractivity contribution in [1.29, 1.82) is 0 Å². The predicted octanol–water partition coefficient (Wildman–Crippen LogP) is 3.42. The fourth-order valence-corrected chi connectivity index (χ4v) is 3.26. The summed E-state index contributed by atoms with van der Waals surface area (Å²) in [4.78, 5) is 12.2. The molecule has 1 saturated heterocycles. The Labute approximate surface area is 140 Å². The molecular formula is C20H31NO2. The van der Waals surface area contributed by atoms with Crippen LogP contribution in [0.1, 0.15) is 63.0 Å². The fourth-order valence-electron chi connectivity index (χ4n) is 3.26. The third-order valence-electron chi connectivity index (χ3n) is 4.76. The minimum Gasteiger partial charge on any atom is -0.391 e. The normalized spacial score (nSPS) is 20.8. The fraction of sp³-hybridized carbons (Fsp3) is 0.650. The van der Waals surface area contributed by atoms with E-state index in [4.69, 9.17) is 0 Å². The summed E-state index contributed by atoms with van der Waals surface area (Å²) >= 11 is 0. The Bertz CT molecular complexity index is 469. The molecule has 0 aromatic heterocycles. The maximum atomic E-state index is 12.2. The smallest absolute Gasteiger partial charge is 0.156 e. The lowest BCUT2D eigenvalue weighted by atomic mass is 9.99. The molecule has 2 atom stereocenters. The first-order valence-corrected chi connectivity index (χ1v) is 9.22. The zero-order valence-corrected chi connectivity index (χ0v) is 14.4. The summed E-state index contributed by atoms with van der Waals surface area (Å²) in [6.45, 7) is 2.98. The highest BCUT2D eigenvalue weighted by atomic mass is 16.3. The van der Waals surface area contributed by atoms with Gasteiger partial charge in [0.25, 0.3) is 0 Å². The second-order valence-electron chi connectivity index (χ2n) is 6.77. The Balaban J connectivity index is 1.70. The first-order chi connectivity index (χ1) is 11.2. The maximum Gasteiger partial charge on any atom is 0.156 e. The number of ketones is 1. The monoisotopic (exact) mass is 317 g/mol. The molecule has 3 heteroatoms. The average Bonchev–Trinajstić information content (AvgIpc) is 2.98. The molecule has 128 valence electrons. The van der Waals surface area contributed by atoms with Crippen molar-refractivity contribution in [2.75, 3.05) is 6.54 Å². The van der Waals surface area contributed by atoms with E-state index < -0.39 is 6.10 Å². The second-order valence-corrected chi connectivity index (χ2v) is 6.77. The molecule has 1 fully saturated rings. The van der Waals surface area contributed by atoms with E-state index in [0.29, 0.717) is 12.8 Å². The van der Waals surface area contributed by atoms with Crippen LogP contribution in [0.15, 0.2) is 24.3 Å². The van der Waals surface area contributed by atoms with Crippen LogP contribution in [-0.4, -0.2) is 29.6 Å². The van der Waals surface area contributed by atoms with Crippen molar-refractivity contribution in [3.8, 4) is 0 Å². The molecule has 1 aliphatic rings. The summed E-state index contributed by atoms with van der Waals surface area (Å²) < 4.78 is 0. The van der Waals surface area contributed by atoms with Gasteiger partial charge in [0.2, 0.25) is 0 Å². The number of aliphatic hydroxyl groups excluding tert-OH is 1. The molecule has 23 heavy (non-hydrogen) atoms. The van der Waals surface area contributed by atoms with Crippen LogP contribution in [0.5, 0.6) is 0 Å². The van der Waals surface area contributed by atoms with Gasteiger partial charge in [-0.2, -0.15) is 0 Å². The molecule has 0 aliphatic carbocycles. The van der Waals surface area contributed by atoms with E-state index in [0.717, 1.165) is 18.5 Å². The number of aliphatic hydroxyl groups is 1. The number of unbranched alkanes of at least 4 members (excludes halogenated alkanes) is 5. The van der Waals surface area contributed by atoms with Gasteiger partial charge in [0.15, 0.2) is 5.78 Å². The second kappa shape index (κ2) is 9.84. The molecule has 1 aromatic carbocycles. The van der Waals surface area contributed by atoms with E-state index in [9.17, 15) is 9.90 Å². The molecule has 1 unspecified atom stereocenters. The van der Waals surface area contributed by atoms with E-state index in [2.05, 4.69) is 36.5 Å². The molecule has 2 rings (SSSR count). The third kappa shape index (κ3) is 6.08. The van der Waals surface area contributed by atoms with Crippen molar-refractivity contribution in [3.63, 3.8) is 0 Å². The number of hydrogen-bond acceptors (Lipinski definition) is 3. The number of Topliss-reactive ketones (excluding diaryl/α,β-unsaturated/α-hetero) is 1. The SMILES string of the molecule is CCCCCCCCc1ccc(CC(=O)C2NCC[C@H]2O)cc1. The van der Waals surface area contributed by atoms with Crippen molar-refractivity contribution >= 4 is 5.78 Å². The Hall–Kier alpha value is -1.19. The van der Waals surface area contributed by atoms with Crippen molar-refractivity contribution in [1.82, 2.24) is 5.32 Å². The van der Waals surface area contributed by atoms with Crippen LogP contribution in [-0.2, 0) is 17.6 Å². The van der Waals surface area contributed by atoms with Crippen molar-refractivity contribution in [3.05, 3.63) is 35.4 Å².